The van der Waals surface area contributed by atoms with Crippen LogP contribution < -0.4 is 15.4 Å². The molecule has 2 heterocycles. The van der Waals surface area contributed by atoms with E-state index < -0.39 is 5.92 Å². The second kappa shape index (κ2) is 7.74. The molecule has 0 saturated heterocycles. The number of benzene rings is 1. The maximum absolute atomic E-state index is 13.0. The number of rotatable bonds is 3. The number of Topliss-reactive ketones (excluding diaryl/α,β-unsaturated/α-hetero) is 1. The van der Waals surface area contributed by atoms with E-state index in [1.165, 1.54) is 11.3 Å². The van der Waals surface area contributed by atoms with Crippen LogP contribution in [0.15, 0.2) is 45.3 Å². The van der Waals surface area contributed by atoms with Crippen LogP contribution in [0.5, 0.6) is 5.75 Å². The number of H-pyrrole nitrogens is 1. The molecule has 1 atom stereocenters. The summed E-state index contributed by atoms with van der Waals surface area (Å²) in [7, 11) is 1.58. The highest BCUT2D eigenvalue weighted by molar-refractivity contribution is 9.10. The number of halogens is 1. The number of carbonyl (C=O) groups is 1. The Labute approximate surface area is 184 Å². The summed E-state index contributed by atoms with van der Waals surface area (Å²) in [5, 5.41) is 17.5. The zero-order valence-electron chi connectivity index (χ0n) is 15.4. The molecule has 0 fully saturated rings. The number of nitrogens with zero attached hydrogens (tertiary/aromatic N) is 3. The fourth-order valence-electron chi connectivity index (χ4n) is 3.82. The van der Waals surface area contributed by atoms with Gasteiger partial charge in [-0.05, 0) is 58.7 Å². The van der Waals surface area contributed by atoms with Gasteiger partial charge in [0.25, 0.3) is 0 Å². The average Bonchev–Trinajstić information content (AvgIpc) is 3.13. The number of aromatic amines is 1. The minimum atomic E-state index is -0.534. The van der Waals surface area contributed by atoms with Crippen molar-refractivity contribution in [1.29, 1.82) is 5.26 Å². The Morgan fingerprint density at radius 3 is 2.90 bits per heavy atom. The number of allylic oxidation sites excluding steroid dienone is 3. The zero-order chi connectivity index (χ0) is 20.7. The quantitative estimate of drug-likeness (QED) is 0.619. The van der Waals surface area contributed by atoms with Gasteiger partial charge in [-0.2, -0.15) is 5.26 Å². The molecule has 3 N–H and O–H groups in total. The standard InChI is InChI=1S/C19H16BrN5O2S2/c1-27-14-6-5-9(7-11(14)20)15-10(8-21)17(22)25(18-23-24-19(28)29-18)12-3-2-4-13(26)16(12)15/h5-7,15H,2-4,22H2,1H3,(H,24,28). The molecule has 10 heteroatoms. The average molecular weight is 490 g/mol. The fraction of sp³-hybridized carbons (Fsp3) is 0.263. The molecule has 2 aliphatic rings. The van der Waals surface area contributed by atoms with Gasteiger partial charge in [0.15, 0.2) is 9.74 Å². The zero-order valence-corrected chi connectivity index (χ0v) is 18.6. The Morgan fingerprint density at radius 1 is 1.48 bits per heavy atom. The van der Waals surface area contributed by atoms with Crippen molar-refractivity contribution in [3.8, 4) is 11.8 Å². The third kappa shape index (κ3) is 3.29. The molecule has 1 unspecified atom stereocenters. The predicted octanol–water partition coefficient (Wildman–Crippen LogP) is 4.28. The minimum Gasteiger partial charge on any atom is -0.496 e. The highest BCUT2D eigenvalue weighted by Crippen LogP contribution is 2.47. The van der Waals surface area contributed by atoms with Gasteiger partial charge in [0.1, 0.15) is 11.6 Å². The third-order valence-corrected chi connectivity index (χ3v) is 6.73. The molecule has 148 valence electrons. The number of anilines is 1. The van der Waals surface area contributed by atoms with E-state index in [0.29, 0.717) is 38.8 Å². The Balaban J connectivity index is 1.96. The number of hydrogen-bond donors (Lipinski definition) is 2. The summed E-state index contributed by atoms with van der Waals surface area (Å²) >= 11 is 9.91. The molecule has 2 aromatic rings. The van der Waals surface area contributed by atoms with Gasteiger partial charge in [0.05, 0.1) is 29.1 Å². The van der Waals surface area contributed by atoms with Crippen molar-refractivity contribution in [3.05, 3.63) is 54.9 Å². The monoisotopic (exact) mass is 489 g/mol. The smallest absolute Gasteiger partial charge is 0.216 e. The normalized spacial score (nSPS) is 19.3. The third-order valence-electron chi connectivity index (χ3n) is 5.04. The van der Waals surface area contributed by atoms with Crippen molar-refractivity contribution in [2.45, 2.75) is 25.2 Å². The SMILES string of the molecule is COc1ccc(C2C(C#N)=C(N)N(c3n[nH]c(=S)s3)C3=C2C(=O)CCC3)cc1Br. The number of carbonyl (C=O) groups excluding carboxylic acids is 1. The Hall–Kier alpha value is -2.48. The molecule has 0 radical (unpaired) electrons. The second-order valence-electron chi connectivity index (χ2n) is 6.61. The number of methoxy groups -OCH3 is 1. The molecular formula is C19H16BrN5O2S2. The first-order valence-corrected chi connectivity index (χ1v) is 10.8. The largest absolute Gasteiger partial charge is 0.496 e. The molecule has 29 heavy (non-hydrogen) atoms. The lowest BCUT2D eigenvalue weighted by molar-refractivity contribution is -0.116. The summed E-state index contributed by atoms with van der Waals surface area (Å²) in [6, 6.07) is 7.77. The molecular weight excluding hydrogens is 474 g/mol. The van der Waals surface area contributed by atoms with Crippen molar-refractivity contribution in [2.75, 3.05) is 12.0 Å². The van der Waals surface area contributed by atoms with E-state index in [1.807, 2.05) is 18.2 Å². The number of nitrogens with one attached hydrogen (secondary N) is 1. The molecule has 0 spiro atoms. The van der Waals surface area contributed by atoms with Crippen LogP contribution in [0.2, 0.25) is 0 Å². The number of aromatic nitrogens is 2. The van der Waals surface area contributed by atoms with Crippen molar-refractivity contribution < 1.29 is 9.53 Å². The lowest BCUT2D eigenvalue weighted by atomic mass is 9.76. The van der Waals surface area contributed by atoms with Crippen LogP contribution in [-0.4, -0.2) is 23.1 Å². The van der Waals surface area contributed by atoms with Gasteiger partial charge in [0.2, 0.25) is 5.13 Å². The minimum absolute atomic E-state index is 0.0209. The fourth-order valence-corrected chi connectivity index (χ4v) is 5.29. The van der Waals surface area contributed by atoms with E-state index in [2.05, 4.69) is 32.2 Å². The van der Waals surface area contributed by atoms with E-state index in [4.69, 9.17) is 22.7 Å². The number of nitriles is 1. The highest BCUT2D eigenvalue weighted by Gasteiger charge is 2.41. The number of ether oxygens (including phenoxy) is 1. The molecule has 1 aromatic heterocycles. The van der Waals surface area contributed by atoms with E-state index in [1.54, 1.807) is 12.0 Å². The summed E-state index contributed by atoms with van der Waals surface area (Å²) < 4.78 is 6.55. The van der Waals surface area contributed by atoms with Crippen LogP contribution in [0.3, 0.4) is 0 Å². The molecule has 1 aliphatic carbocycles. The van der Waals surface area contributed by atoms with Crippen LogP contribution in [0.1, 0.15) is 30.7 Å². The molecule has 0 bridgehead atoms. The summed E-state index contributed by atoms with van der Waals surface area (Å²) in [5.41, 5.74) is 8.97. The molecule has 4 rings (SSSR count). The van der Waals surface area contributed by atoms with Crippen LogP contribution in [0.25, 0.3) is 0 Å². The topological polar surface area (TPSA) is 108 Å². The lowest BCUT2D eigenvalue weighted by Crippen LogP contribution is -2.38. The van der Waals surface area contributed by atoms with Gasteiger partial charge >= 0.3 is 0 Å². The maximum Gasteiger partial charge on any atom is 0.216 e. The summed E-state index contributed by atoms with van der Waals surface area (Å²) in [4.78, 5) is 14.7. The van der Waals surface area contributed by atoms with Crippen LogP contribution in [0, 0.1) is 15.3 Å². The maximum atomic E-state index is 13.0. The van der Waals surface area contributed by atoms with Gasteiger partial charge in [-0.15, -0.1) is 5.10 Å². The lowest BCUT2D eigenvalue weighted by Gasteiger charge is -2.38. The number of ketones is 1. The first-order chi connectivity index (χ1) is 14.0. The Kier molecular flexibility index (Phi) is 5.29. The molecule has 0 saturated carbocycles. The van der Waals surface area contributed by atoms with Crippen molar-refractivity contribution in [3.63, 3.8) is 0 Å². The molecule has 1 aromatic carbocycles. The number of nitrogens with two attached hydrogens (primary N) is 1. The van der Waals surface area contributed by atoms with Gasteiger partial charge in [0, 0.05) is 17.7 Å². The van der Waals surface area contributed by atoms with Crippen LogP contribution in [-0.2, 0) is 4.79 Å². The van der Waals surface area contributed by atoms with E-state index in [0.717, 1.165) is 22.2 Å². The predicted molar refractivity (Wildman–Crippen MR) is 116 cm³/mol. The Bertz CT molecular complexity index is 1170. The second-order valence-corrected chi connectivity index (χ2v) is 9.10. The van der Waals surface area contributed by atoms with Crippen LogP contribution >= 0.6 is 39.5 Å². The summed E-state index contributed by atoms with van der Waals surface area (Å²) in [6.45, 7) is 0. The highest BCUT2D eigenvalue weighted by atomic mass is 79.9. The van der Waals surface area contributed by atoms with E-state index in [-0.39, 0.29) is 11.6 Å². The first-order valence-electron chi connectivity index (χ1n) is 8.81. The summed E-state index contributed by atoms with van der Waals surface area (Å²) in [6.07, 6.45) is 1.83. The first kappa shape index (κ1) is 19.8. The summed E-state index contributed by atoms with van der Waals surface area (Å²) in [5.74, 6) is 0.429. The van der Waals surface area contributed by atoms with Gasteiger partial charge in [-0.1, -0.05) is 17.4 Å². The van der Waals surface area contributed by atoms with E-state index in [9.17, 15) is 10.1 Å². The van der Waals surface area contributed by atoms with Crippen molar-refractivity contribution in [2.24, 2.45) is 5.73 Å². The Morgan fingerprint density at radius 2 is 2.28 bits per heavy atom. The van der Waals surface area contributed by atoms with Crippen LogP contribution in [0.4, 0.5) is 5.13 Å². The molecule has 1 aliphatic heterocycles. The number of hydrogen-bond acceptors (Lipinski definition) is 8. The van der Waals surface area contributed by atoms with Crippen molar-refractivity contribution >= 4 is 50.4 Å². The van der Waals surface area contributed by atoms with Gasteiger partial charge in [-0.25, -0.2) is 0 Å². The van der Waals surface area contributed by atoms with E-state index >= 15 is 0 Å². The van der Waals surface area contributed by atoms with Gasteiger partial charge in [-0.3, -0.25) is 14.8 Å². The van der Waals surface area contributed by atoms with Gasteiger partial charge < -0.3 is 10.5 Å². The molecule has 7 nitrogen and oxygen atoms in total. The van der Waals surface area contributed by atoms with Crippen molar-refractivity contribution in [1.82, 2.24) is 10.2 Å². The molecule has 0 amide bonds.